The van der Waals surface area contributed by atoms with E-state index in [-0.39, 0.29) is 5.41 Å². The van der Waals surface area contributed by atoms with Crippen LogP contribution in [-0.2, 0) is 11.8 Å². The molecule has 110 valence electrons. The molecule has 0 amide bonds. The van der Waals surface area contributed by atoms with Crippen LogP contribution >= 0.6 is 0 Å². The van der Waals surface area contributed by atoms with Crippen LogP contribution in [0.5, 0.6) is 0 Å². The standard InChI is InChI=1S/C19H23NO/c1-13-7-8-16(11-14(13)2)18(21)19(12-20)10-9-15-5-3-4-6-17(15)19/h3-8,11,18,21H,9-10,12,20H2,1-2H3. The Labute approximate surface area is 126 Å². The van der Waals surface area contributed by atoms with Gasteiger partial charge < -0.3 is 10.8 Å². The Morgan fingerprint density at radius 2 is 1.90 bits per heavy atom. The van der Waals surface area contributed by atoms with Gasteiger partial charge in [-0.25, -0.2) is 0 Å². The third kappa shape index (κ3) is 2.19. The molecule has 0 saturated carbocycles. The van der Waals surface area contributed by atoms with Gasteiger partial charge in [-0.1, -0.05) is 42.5 Å². The first kappa shape index (κ1) is 14.3. The molecule has 0 aliphatic heterocycles. The molecule has 2 heteroatoms. The Bertz CT molecular complexity index is 664. The first-order valence-electron chi connectivity index (χ1n) is 7.62. The number of aliphatic hydroxyl groups is 1. The number of aryl methyl sites for hydroxylation is 3. The Morgan fingerprint density at radius 1 is 1.14 bits per heavy atom. The molecule has 2 atom stereocenters. The summed E-state index contributed by atoms with van der Waals surface area (Å²) in [6.07, 6.45) is 1.36. The van der Waals surface area contributed by atoms with Crippen LogP contribution in [0.4, 0.5) is 0 Å². The van der Waals surface area contributed by atoms with E-state index >= 15 is 0 Å². The molecule has 3 N–H and O–H groups in total. The summed E-state index contributed by atoms with van der Waals surface area (Å²) in [7, 11) is 0. The zero-order chi connectivity index (χ0) is 15.0. The van der Waals surface area contributed by atoms with E-state index in [1.165, 1.54) is 22.3 Å². The van der Waals surface area contributed by atoms with Crippen molar-refractivity contribution < 1.29 is 5.11 Å². The number of benzene rings is 2. The third-order valence-electron chi connectivity index (χ3n) is 5.13. The lowest BCUT2D eigenvalue weighted by molar-refractivity contribution is 0.0840. The molecular weight excluding hydrogens is 258 g/mol. The zero-order valence-corrected chi connectivity index (χ0v) is 12.8. The van der Waals surface area contributed by atoms with E-state index in [0.717, 1.165) is 18.4 Å². The number of fused-ring (bicyclic) bond motifs is 1. The van der Waals surface area contributed by atoms with Gasteiger partial charge in [0.15, 0.2) is 0 Å². The second-order valence-corrected chi connectivity index (χ2v) is 6.26. The van der Waals surface area contributed by atoms with Crippen LogP contribution in [0.15, 0.2) is 42.5 Å². The molecule has 1 aliphatic rings. The largest absolute Gasteiger partial charge is 0.387 e. The van der Waals surface area contributed by atoms with E-state index in [4.69, 9.17) is 5.73 Å². The molecule has 2 nitrogen and oxygen atoms in total. The minimum absolute atomic E-state index is 0.349. The van der Waals surface area contributed by atoms with Crippen LogP contribution in [0.1, 0.15) is 40.3 Å². The van der Waals surface area contributed by atoms with Crippen molar-refractivity contribution >= 4 is 0 Å². The van der Waals surface area contributed by atoms with Crippen LogP contribution in [-0.4, -0.2) is 11.7 Å². The first-order chi connectivity index (χ1) is 10.1. The van der Waals surface area contributed by atoms with Gasteiger partial charge in [-0.2, -0.15) is 0 Å². The van der Waals surface area contributed by atoms with E-state index in [1.54, 1.807) is 0 Å². The maximum Gasteiger partial charge on any atom is 0.0899 e. The molecule has 2 aromatic carbocycles. The monoisotopic (exact) mass is 281 g/mol. The number of hydrogen-bond donors (Lipinski definition) is 2. The molecule has 0 spiro atoms. The summed E-state index contributed by atoms with van der Waals surface area (Å²) in [5, 5.41) is 11.1. The molecule has 0 fully saturated rings. The van der Waals surface area contributed by atoms with E-state index < -0.39 is 6.10 Å². The lowest BCUT2D eigenvalue weighted by atomic mass is 9.74. The Kier molecular flexibility index (Phi) is 3.60. The van der Waals surface area contributed by atoms with E-state index in [2.05, 4.69) is 44.2 Å². The predicted octanol–water partition coefficient (Wildman–Crippen LogP) is 3.18. The van der Waals surface area contributed by atoms with Crippen molar-refractivity contribution in [2.75, 3.05) is 6.54 Å². The van der Waals surface area contributed by atoms with Crippen molar-refractivity contribution in [1.29, 1.82) is 0 Å². The highest BCUT2D eigenvalue weighted by Gasteiger charge is 2.44. The Hall–Kier alpha value is -1.64. The summed E-state index contributed by atoms with van der Waals surface area (Å²) in [6, 6.07) is 14.6. The number of aliphatic hydroxyl groups excluding tert-OH is 1. The van der Waals surface area contributed by atoms with E-state index in [1.807, 2.05) is 12.1 Å². The summed E-state index contributed by atoms with van der Waals surface area (Å²) in [6.45, 7) is 4.65. The third-order valence-corrected chi connectivity index (χ3v) is 5.13. The Balaban J connectivity index is 2.06. The predicted molar refractivity (Wildman–Crippen MR) is 86.4 cm³/mol. The minimum atomic E-state index is -0.551. The van der Waals surface area contributed by atoms with E-state index in [9.17, 15) is 5.11 Å². The van der Waals surface area contributed by atoms with Crippen molar-refractivity contribution in [1.82, 2.24) is 0 Å². The average molecular weight is 281 g/mol. The van der Waals surface area contributed by atoms with Gasteiger partial charge in [0.05, 0.1) is 6.10 Å². The van der Waals surface area contributed by atoms with Crippen LogP contribution in [0.3, 0.4) is 0 Å². The molecular formula is C19H23NO. The highest BCUT2D eigenvalue weighted by molar-refractivity contribution is 5.44. The highest BCUT2D eigenvalue weighted by atomic mass is 16.3. The quantitative estimate of drug-likeness (QED) is 0.907. The maximum atomic E-state index is 11.1. The maximum absolute atomic E-state index is 11.1. The van der Waals surface area contributed by atoms with Gasteiger partial charge in [-0.15, -0.1) is 0 Å². The average Bonchev–Trinajstić information content (AvgIpc) is 2.89. The van der Waals surface area contributed by atoms with Gasteiger partial charge in [0, 0.05) is 12.0 Å². The zero-order valence-electron chi connectivity index (χ0n) is 12.8. The van der Waals surface area contributed by atoms with Crippen molar-refractivity contribution in [2.24, 2.45) is 5.73 Å². The molecule has 2 unspecified atom stereocenters. The lowest BCUT2D eigenvalue weighted by Crippen LogP contribution is -2.39. The molecule has 0 bridgehead atoms. The van der Waals surface area contributed by atoms with Gasteiger partial charge in [-0.3, -0.25) is 0 Å². The summed E-state index contributed by atoms with van der Waals surface area (Å²) in [5.41, 5.74) is 11.8. The van der Waals surface area contributed by atoms with E-state index in [0.29, 0.717) is 6.54 Å². The number of hydrogen-bond acceptors (Lipinski definition) is 2. The van der Waals surface area contributed by atoms with Gasteiger partial charge in [0.2, 0.25) is 0 Å². The fourth-order valence-corrected chi connectivity index (χ4v) is 3.58. The summed E-state index contributed by atoms with van der Waals surface area (Å²) in [5.74, 6) is 0. The van der Waals surface area contributed by atoms with Crippen LogP contribution in [0, 0.1) is 13.8 Å². The van der Waals surface area contributed by atoms with Gasteiger partial charge in [-0.05, 0) is 54.5 Å². The van der Waals surface area contributed by atoms with Crippen molar-refractivity contribution in [3.05, 3.63) is 70.3 Å². The van der Waals surface area contributed by atoms with Crippen molar-refractivity contribution in [2.45, 2.75) is 38.2 Å². The molecule has 0 radical (unpaired) electrons. The Morgan fingerprint density at radius 3 is 2.62 bits per heavy atom. The molecule has 0 saturated heterocycles. The molecule has 0 heterocycles. The second-order valence-electron chi connectivity index (χ2n) is 6.26. The summed E-state index contributed by atoms with van der Waals surface area (Å²) < 4.78 is 0. The normalized spacial score (nSPS) is 22.1. The van der Waals surface area contributed by atoms with Crippen molar-refractivity contribution in [3.63, 3.8) is 0 Å². The lowest BCUT2D eigenvalue weighted by Gasteiger charge is -2.35. The fraction of sp³-hybridized carbons (Fsp3) is 0.368. The summed E-state index contributed by atoms with van der Waals surface area (Å²) in [4.78, 5) is 0. The highest BCUT2D eigenvalue weighted by Crippen LogP contribution is 2.46. The van der Waals surface area contributed by atoms with Crippen LogP contribution < -0.4 is 5.73 Å². The topological polar surface area (TPSA) is 46.2 Å². The SMILES string of the molecule is Cc1ccc(C(O)C2(CN)CCc3ccccc32)cc1C. The van der Waals surface area contributed by atoms with Gasteiger partial charge >= 0.3 is 0 Å². The fourth-order valence-electron chi connectivity index (χ4n) is 3.58. The minimum Gasteiger partial charge on any atom is -0.387 e. The summed E-state index contributed by atoms with van der Waals surface area (Å²) >= 11 is 0. The molecule has 0 aromatic heterocycles. The number of rotatable bonds is 3. The first-order valence-corrected chi connectivity index (χ1v) is 7.62. The van der Waals surface area contributed by atoms with Gasteiger partial charge in [0.1, 0.15) is 0 Å². The second kappa shape index (κ2) is 5.28. The molecule has 21 heavy (non-hydrogen) atoms. The van der Waals surface area contributed by atoms with Crippen LogP contribution in [0.25, 0.3) is 0 Å². The molecule has 1 aliphatic carbocycles. The molecule has 3 rings (SSSR count). The number of nitrogens with two attached hydrogens (primary N) is 1. The van der Waals surface area contributed by atoms with Crippen molar-refractivity contribution in [3.8, 4) is 0 Å². The smallest absolute Gasteiger partial charge is 0.0899 e. The van der Waals surface area contributed by atoms with Gasteiger partial charge in [0.25, 0.3) is 0 Å². The van der Waals surface area contributed by atoms with Crippen LogP contribution in [0.2, 0.25) is 0 Å². The molecule has 2 aromatic rings.